The Morgan fingerprint density at radius 3 is 2.09 bits per heavy atom. The first-order valence-corrected chi connectivity index (χ1v) is 11.6. The highest BCUT2D eigenvalue weighted by molar-refractivity contribution is 7.78. The predicted octanol–water partition coefficient (Wildman–Crippen LogP) is 1.63. The molecule has 0 bridgehead atoms. The minimum Gasteiger partial charge on any atom is -0.497 e. The van der Waals surface area contributed by atoms with Gasteiger partial charge in [-0.25, -0.2) is 0 Å². The highest BCUT2D eigenvalue weighted by Gasteiger charge is 2.50. The van der Waals surface area contributed by atoms with E-state index in [1.807, 2.05) is 42.5 Å². The van der Waals surface area contributed by atoms with Crippen molar-refractivity contribution in [3.8, 4) is 5.75 Å². The molecule has 34 heavy (non-hydrogen) atoms. The van der Waals surface area contributed by atoms with Crippen molar-refractivity contribution in [2.45, 2.75) is 50.4 Å². The van der Waals surface area contributed by atoms with Crippen LogP contribution in [0.3, 0.4) is 0 Å². The lowest BCUT2D eigenvalue weighted by atomic mass is 9.94. The maximum absolute atomic E-state index is 13.4. The van der Waals surface area contributed by atoms with E-state index < -0.39 is 29.6 Å². The number of hydrogen-bond donors (Lipinski definition) is 4. The number of Topliss-reactive ketones (excluding diaryl/α,β-unsaturated/α-hetero) is 1. The lowest BCUT2D eigenvalue weighted by Gasteiger charge is -2.25. The fourth-order valence-electron chi connectivity index (χ4n) is 3.51. The van der Waals surface area contributed by atoms with E-state index in [9.17, 15) is 14.4 Å². The number of carbonyl (C=O) groups excluding carboxylic acids is 3. The van der Waals surface area contributed by atoms with Crippen LogP contribution in [0.4, 0.5) is 0 Å². The second-order valence-electron chi connectivity index (χ2n) is 8.60. The van der Waals surface area contributed by atoms with Crippen LogP contribution in [0.15, 0.2) is 54.6 Å². The molecule has 0 radical (unpaired) electrons. The molecule has 1 heterocycles. The lowest BCUT2D eigenvalue weighted by molar-refractivity contribution is -0.133. The molecule has 9 heteroatoms. The zero-order valence-corrected chi connectivity index (χ0v) is 20.4. The summed E-state index contributed by atoms with van der Waals surface area (Å²) in [6.45, 7) is 3.68. The molecule has 8 nitrogen and oxygen atoms in total. The van der Waals surface area contributed by atoms with Crippen LogP contribution < -0.4 is 20.1 Å². The van der Waals surface area contributed by atoms with Gasteiger partial charge in [0.05, 0.1) is 25.8 Å². The van der Waals surface area contributed by atoms with Crippen molar-refractivity contribution >= 4 is 30.4 Å². The van der Waals surface area contributed by atoms with Crippen molar-refractivity contribution < 1.29 is 23.9 Å². The summed E-state index contributed by atoms with van der Waals surface area (Å²) in [5.74, 6) is -0.335. The Labute approximate surface area is 205 Å². The van der Waals surface area contributed by atoms with Gasteiger partial charge in [0.25, 0.3) is 0 Å². The second kappa shape index (κ2) is 11.5. The van der Waals surface area contributed by atoms with Crippen LogP contribution in [0.2, 0.25) is 0 Å². The van der Waals surface area contributed by atoms with Gasteiger partial charge in [-0.3, -0.25) is 19.1 Å². The fourth-order valence-corrected chi connectivity index (χ4v) is 3.63. The molecule has 0 aromatic heterocycles. The molecule has 2 aromatic carbocycles. The van der Waals surface area contributed by atoms with Crippen molar-refractivity contribution in [3.63, 3.8) is 0 Å². The number of ketones is 1. The van der Waals surface area contributed by atoms with Gasteiger partial charge in [-0.05, 0) is 43.5 Å². The van der Waals surface area contributed by atoms with Crippen molar-refractivity contribution in [2.24, 2.45) is 0 Å². The number of hydrogen-bond acceptors (Lipinski definition) is 7. The number of nitrogens with one attached hydrogen (secondary N) is 3. The van der Waals surface area contributed by atoms with E-state index in [0.717, 1.165) is 11.1 Å². The lowest BCUT2D eigenvalue weighted by Crippen LogP contribution is -2.56. The summed E-state index contributed by atoms with van der Waals surface area (Å²) in [6, 6.07) is 14.4. The van der Waals surface area contributed by atoms with E-state index in [1.165, 1.54) is 0 Å². The first-order chi connectivity index (χ1) is 16.3. The molecule has 182 valence electrons. The van der Waals surface area contributed by atoms with E-state index in [-0.39, 0.29) is 18.1 Å². The number of thiol groups is 1. The SMILES string of the molecule is COc1ccc(C[C@H](NC(=O)[C@H](C)NS)C(=O)N[C@@H](Cc2ccccc2)C(=O)[C@@]2(C)CO2)cc1. The molecule has 2 aromatic rings. The third kappa shape index (κ3) is 6.82. The normalized spacial score (nSPS) is 19.4. The standard InChI is InChI=1S/C25H31N3O5S/c1-16(28-34)23(30)27-21(14-18-9-11-19(32-3)12-10-18)24(31)26-20(22(29)25(2)15-33-25)13-17-7-5-4-6-8-17/h4-12,16,20-21,28,34H,13-15H2,1-3H3,(H,26,31)(H,27,30)/t16-,20-,21-,25+/m0/s1. The largest absolute Gasteiger partial charge is 0.497 e. The fraction of sp³-hybridized carbons (Fsp3) is 0.400. The van der Waals surface area contributed by atoms with Gasteiger partial charge < -0.3 is 20.1 Å². The van der Waals surface area contributed by atoms with Gasteiger partial charge in [0.15, 0.2) is 5.78 Å². The topological polar surface area (TPSA) is 109 Å². The third-order valence-corrected chi connectivity index (χ3v) is 6.22. The number of ether oxygens (including phenoxy) is 2. The number of epoxide rings is 1. The first kappa shape index (κ1) is 25.7. The van der Waals surface area contributed by atoms with E-state index >= 15 is 0 Å². The Bertz CT molecular complexity index is 995. The van der Waals surface area contributed by atoms with Crippen molar-refractivity contribution in [2.75, 3.05) is 13.7 Å². The number of rotatable bonds is 12. The molecular weight excluding hydrogens is 454 g/mol. The number of methoxy groups -OCH3 is 1. The molecule has 4 atom stereocenters. The van der Waals surface area contributed by atoms with E-state index in [1.54, 1.807) is 33.1 Å². The highest BCUT2D eigenvalue weighted by Crippen LogP contribution is 2.29. The van der Waals surface area contributed by atoms with Crippen molar-refractivity contribution in [1.29, 1.82) is 0 Å². The average molecular weight is 486 g/mol. The Morgan fingerprint density at radius 1 is 0.971 bits per heavy atom. The number of benzene rings is 2. The van der Waals surface area contributed by atoms with Gasteiger partial charge in [0.2, 0.25) is 11.8 Å². The Morgan fingerprint density at radius 2 is 1.53 bits per heavy atom. The molecule has 1 saturated heterocycles. The summed E-state index contributed by atoms with van der Waals surface area (Å²) in [4.78, 5) is 39.1. The predicted molar refractivity (Wildman–Crippen MR) is 132 cm³/mol. The van der Waals surface area contributed by atoms with Crippen molar-refractivity contribution in [3.05, 3.63) is 65.7 Å². The third-order valence-electron chi connectivity index (χ3n) is 5.83. The van der Waals surface area contributed by atoms with Gasteiger partial charge in [-0.15, -0.1) is 0 Å². The van der Waals surface area contributed by atoms with Crippen LogP contribution in [0.25, 0.3) is 0 Å². The van der Waals surface area contributed by atoms with Crippen LogP contribution in [-0.4, -0.2) is 55.0 Å². The molecule has 3 rings (SSSR count). The van der Waals surface area contributed by atoms with E-state index in [2.05, 4.69) is 28.2 Å². The maximum Gasteiger partial charge on any atom is 0.243 e. The van der Waals surface area contributed by atoms with Gasteiger partial charge in [0.1, 0.15) is 17.4 Å². The molecule has 0 aliphatic carbocycles. The van der Waals surface area contributed by atoms with E-state index in [0.29, 0.717) is 18.8 Å². The molecule has 0 spiro atoms. The van der Waals surface area contributed by atoms with Crippen LogP contribution in [-0.2, 0) is 32.0 Å². The maximum atomic E-state index is 13.4. The monoisotopic (exact) mass is 485 g/mol. The zero-order chi connectivity index (χ0) is 24.7. The van der Waals surface area contributed by atoms with Crippen LogP contribution in [0, 0.1) is 0 Å². The first-order valence-electron chi connectivity index (χ1n) is 11.1. The van der Waals surface area contributed by atoms with Crippen LogP contribution >= 0.6 is 12.8 Å². The molecule has 0 unspecified atom stereocenters. The Balaban J connectivity index is 1.80. The van der Waals surface area contributed by atoms with Crippen LogP contribution in [0.5, 0.6) is 5.75 Å². The number of amides is 2. The minimum absolute atomic E-state index is 0.190. The highest BCUT2D eigenvalue weighted by atomic mass is 32.1. The van der Waals surface area contributed by atoms with Gasteiger partial charge in [-0.1, -0.05) is 55.3 Å². The molecule has 1 aliphatic heterocycles. The Hall–Kier alpha value is -2.88. The summed E-state index contributed by atoms with van der Waals surface area (Å²) in [6.07, 6.45) is 0.559. The van der Waals surface area contributed by atoms with Gasteiger partial charge in [-0.2, -0.15) is 0 Å². The summed E-state index contributed by atoms with van der Waals surface area (Å²) < 4.78 is 13.1. The minimum atomic E-state index is -0.899. The average Bonchev–Trinajstić information content (AvgIpc) is 3.61. The smallest absolute Gasteiger partial charge is 0.243 e. The van der Waals surface area contributed by atoms with Crippen molar-refractivity contribution in [1.82, 2.24) is 15.4 Å². The summed E-state index contributed by atoms with van der Waals surface area (Å²) in [7, 11) is 1.57. The molecule has 0 saturated carbocycles. The molecule has 2 amide bonds. The van der Waals surface area contributed by atoms with Crippen LogP contribution in [0.1, 0.15) is 25.0 Å². The zero-order valence-electron chi connectivity index (χ0n) is 19.5. The van der Waals surface area contributed by atoms with Gasteiger partial charge >= 0.3 is 0 Å². The molecule has 3 N–H and O–H groups in total. The molecular formula is C25H31N3O5S. The number of carbonyl (C=O) groups is 3. The van der Waals surface area contributed by atoms with E-state index in [4.69, 9.17) is 9.47 Å². The molecule has 1 aliphatic rings. The summed E-state index contributed by atoms with van der Waals surface area (Å²) >= 11 is 3.94. The molecule has 1 fully saturated rings. The summed E-state index contributed by atoms with van der Waals surface area (Å²) in [5.41, 5.74) is 0.844. The van der Waals surface area contributed by atoms with Gasteiger partial charge in [0, 0.05) is 6.42 Å². The Kier molecular flexibility index (Phi) is 8.71. The summed E-state index contributed by atoms with van der Waals surface area (Å²) in [5, 5.41) is 5.64. The quantitative estimate of drug-likeness (QED) is 0.269. The second-order valence-corrected chi connectivity index (χ2v) is 8.86.